The van der Waals surface area contributed by atoms with Crippen molar-refractivity contribution in [1.82, 2.24) is 4.98 Å². The molecule has 0 bridgehead atoms. The average molecular weight is 180 g/mol. The van der Waals surface area contributed by atoms with Crippen molar-refractivity contribution in [2.45, 2.75) is 0 Å². The predicted octanol–water partition coefficient (Wildman–Crippen LogP) is -0.415. The summed E-state index contributed by atoms with van der Waals surface area (Å²) in [4.78, 5) is 16.1. The summed E-state index contributed by atoms with van der Waals surface area (Å²) in [6.45, 7) is 0.147. The maximum atomic E-state index is 10.6. The molecule has 4 N–H and O–H groups in total. The Bertz CT molecular complexity index is 313. The molecule has 0 fully saturated rings. The van der Waals surface area contributed by atoms with E-state index in [9.17, 15) is 4.79 Å². The van der Waals surface area contributed by atoms with Crippen LogP contribution >= 0.6 is 0 Å². The van der Waals surface area contributed by atoms with Gasteiger partial charge in [0.25, 0.3) is 0 Å². The molecule has 1 aromatic rings. The maximum absolute atomic E-state index is 10.6. The number of nitrogens with two attached hydrogens (primary N) is 2. The number of aromatic nitrogens is 1. The molecule has 1 heterocycles. The zero-order valence-electron chi connectivity index (χ0n) is 7.40. The van der Waals surface area contributed by atoms with E-state index in [1.54, 1.807) is 24.2 Å². The van der Waals surface area contributed by atoms with Gasteiger partial charge in [-0.25, -0.2) is 0 Å². The maximum Gasteiger partial charge on any atom is 0.236 e. The molecule has 0 saturated heterocycles. The molecule has 0 aliphatic heterocycles. The Labute approximate surface area is 76.3 Å². The standard InChI is InChI=1S/C8H12N4O/c1-12(5-8(10)13)7-2-3-11-4-6(7)9/h2-4H,5,9H2,1H3,(H2,10,13). The number of carbonyl (C=O) groups is 1. The summed E-state index contributed by atoms with van der Waals surface area (Å²) < 4.78 is 0. The highest BCUT2D eigenvalue weighted by molar-refractivity contribution is 5.81. The first-order chi connectivity index (χ1) is 6.11. The van der Waals surface area contributed by atoms with E-state index in [4.69, 9.17) is 11.5 Å². The zero-order valence-corrected chi connectivity index (χ0v) is 7.40. The second-order valence-corrected chi connectivity index (χ2v) is 2.76. The molecule has 0 aliphatic rings. The van der Waals surface area contributed by atoms with Crippen molar-refractivity contribution in [2.24, 2.45) is 5.73 Å². The summed E-state index contributed by atoms with van der Waals surface area (Å²) in [5.41, 5.74) is 12.0. The molecule has 0 radical (unpaired) electrons. The van der Waals surface area contributed by atoms with Crippen molar-refractivity contribution in [3.8, 4) is 0 Å². The van der Waals surface area contributed by atoms with Gasteiger partial charge in [0, 0.05) is 13.2 Å². The number of hydrogen-bond donors (Lipinski definition) is 2. The van der Waals surface area contributed by atoms with Crippen molar-refractivity contribution in [1.29, 1.82) is 0 Å². The Kier molecular flexibility index (Phi) is 2.69. The quantitative estimate of drug-likeness (QED) is 0.661. The van der Waals surface area contributed by atoms with Gasteiger partial charge in [0.1, 0.15) is 0 Å². The van der Waals surface area contributed by atoms with Crippen LogP contribution in [0.3, 0.4) is 0 Å². The van der Waals surface area contributed by atoms with E-state index < -0.39 is 5.91 Å². The Balaban J connectivity index is 2.82. The minimum atomic E-state index is -0.390. The van der Waals surface area contributed by atoms with Gasteiger partial charge in [-0.05, 0) is 6.07 Å². The first kappa shape index (κ1) is 9.31. The number of primary amides is 1. The van der Waals surface area contributed by atoms with Gasteiger partial charge in [-0.3, -0.25) is 9.78 Å². The third kappa shape index (κ3) is 2.33. The highest BCUT2D eigenvalue weighted by Crippen LogP contribution is 2.18. The van der Waals surface area contributed by atoms with E-state index in [1.807, 2.05) is 0 Å². The Morgan fingerprint density at radius 2 is 2.38 bits per heavy atom. The van der Waals surface area contributed by atoms with Gasteiger partial charge < -0.3 is 16.4 Å². The molecular weight excluding hydrogens is 168 g/mol. The molecule has 1 aromatic heterocycles. The van der Waals surface area contributed by atoms with Crippen LogP contribution in [0.4, 0.5) is 11.4 Å². The lowest BCUT2D eigenvalue weighted by Crippen LogP contribution is -2.30. The number of pyridine rings is 1. The van der Waals surface area contributed by atoms with Gasteiger partial charge in [0.05, 0.1) is 24.1 Å². The normalized spacial score (nSPS) is 9.62. The molecule has 0 atom stereocenters. The van der Waals surface area contributed by atoms with Crippen LogP contribution in [0.1, 0.15) is 0 Å². The van der Waals surface area contributed by atoms with Crippen LogP contribution < -0.4 is 16.4 Å². The van der Waals surface area contributed by atoms with Crippen LogP contribution in [0.2, 0.25) is 0 Å². The molecule has 5 heteroatoms. The molecule has 0 saturated carbocycles. The van der Waals surface area contributed by atoms with Gasteiger partial charge >= 0.3 is 0 Å². The SMILES string of the molecule is CN(CC(N)=O)c1ccncc1N. The molecule has 0 unspecified atom stereocenters. The lowest BCUT2D eigenvalue weighted by molar-refractivity contribution is -0.116. The summed E-state index contributed by atoms with van der Waals surface area (Å²) in [5.74, 6) is -0.390. The van der Waals surface area contributed by atoms with Crippen molar-refractivity contribution in [3.63, 3.8) is 0 Å². The minimum Gasteiger partial charge on any atom is -0.396 e. The number of hydrogen-bond acceptors (Lipinski definition) is 4. The van der Waals surface area contributed by atoms with Gasteiger partial charge in [-0.1, -0.05) is 0 Å². The molecule has 1 rings (SSSR count). The van der Waals surface area contributed by atoms with Gasteiger partial charge in [0.15, 0.2) is 0 Å². The Morgan fingerprint density at radius 1 is 1.69 bits per heavy atom. The lowest BCUT2D eigenvalue weighted by Gasteiger charge is -2.18. The van der Waals surface area contributed by atoms with E-state index >= 15 is 0 Å². The van der Waals surface area contributed by atoms with Crippen LogP contribution in [0.5, 0.6) is 0 Å². The third-order valence-corrected chi connectivity index (χ3v) is 1.63. The number of nitrogen functional groups attached to an aromatic ring is 1. The van der Waals surface area contributed by atoms with Crippen molar-refractivity contribution < 1.29 is 4.79 Å². The second kappa shape index (κ2) is 3.75. The largest absolute Gasteiger partial charge is 0.396 e. The zero-order chi connectivity index (χ0) is 9.84. The number of nitrogens with zero attached hydrogens (tertiary/aromatic N) is 2. The van der Waals surface area contributed by atoms with E-state index in [2.05, 4.69) is 4.98 Å². The Morgan fingerprint density at radius 3 is 2.92 bits per heavy atom. The Hall–Kier alpha value is -1.78. The smallest absolute Gasteiger partial charge is 0.236 e. The van der Waals surface area contributed by atoms with Crippen LogP contribution in [0.25, 0.3) is 0 Å². The summed E-state index contributed by atoms with van der Waals surface area (Å²) in [6.07, 6.45) is 3.15. The molecule has 0 spiro atoms. The van der Waals surface area contributed by atoms with Crippen LogP contribution in [-0.4, -0.2) is 24.5 Å². The minimum absolute atomic E-state index is 0.147. The molecule has 70 valence electrons. The summed E-state index contributed by atoms with van der Waals surface area (Å²) >= 11 is 0. The predicted molar refractivity (Wildman–Crippen MR) is 51.1 cm³/mol. The molecule has 5 nitrogen and oxygen atoms in total. The molecule has 13 heavy (non-hydrogen) atoms. The van der Waals surface area contributed by atoms with E-state index in [0.29, 0.717) is 5.69 Å². The highest BCUT2D eigenvalue weighted by atomic mass is 16.1. The molecule has 0 aromatic carbocycles. The van der Waals surface area contributed by atoms with Crippen molar-refractivity contribution in [3.05, 3.63) is 18.5 Å². The fourth-order valence-corrected chi connectivity index (χ4v) is 1.07. The van der Waals surface area contributed by atoms with E-state index in [1.165, 1.54) is 6.20 Å². The molecule has 0 aliphatic carbocycles. The van der Waals surface area contributed by atoms with E-state index in [-0.39, 0.29) is 6.54 Å². The molecular formula is C8H12N4O. The number of rotatable bonds is 3. The highest BCUT2D eigenvalue weighted by Gasteiger charge is 2.06. The third-order valence-electron chi connectivity index (χ3n) is 1.63. The summed E-state index contributed by atoms with van der Waals surface area (Å²) in [6, 6.07) is 1.73. The van der Waals surface area contributed by atoms with Crippen LogP contribution in [0, 0.1) is 0 Å². The first-order valence-corrected chi connectivity index (χ1v) is 3.80. The van der Waals surface area contributed by atoms with E-state index in [0.717, 1.165) is 5.69 Å². The summed E-state index contributed by atoms with van der Waals surface area (Å²) in [5, 5.41) is 0. The van der Waals surface area contributed by atoms with Crippen LogP contribution in [0.15, 0.2) is 18.5 Å². The monoisotopic (exact) mass is 180 g/mol. The number of amides is 1. The van der Waals surface area contributed by atoms with Gasteiger partial charge in [-0.15, -0.1) is 0 Å². The van der Waals surface area contributed by atoms with Crippen LogP contribution in [-0.2, 0) is 4.79 Å². The number of likely N-dealkylation sites (N-methyl/N-ethyl adjacent to an activating group) is 1. The average Bonchev–Trinajstić information content (AvgIpc) is 2.03. The fraction of sp³-hybridized carbons (Fsp3) is 0.250. The van der Waals surface area contributed by atoms with Gasteiger partial charge in [0.2, 0.25) is 5.91 Å². The summed E-state index contributed by atoms with van der Waals surface area (Å²) in [7, 11) is 1.75. The lowest BCUT2D eigenvalue weighted by atomic mass is 10.3. The number of carbonyl (C=O) groups excluding carboxylic acids is 1. The van der Waals surface area contributed by atoms with Gasteiger partial charge in [-0.2, -0.15) is 0 Å². The molecule has 1 amide bonds. The van der Waals surface area contributed by atoms with Crippen molar-refractivity contribution in [2.75, 3.05) is 24.2 Å². The van der Waals surface area contributed by atoms with Crippen molar-refractivity contribution >= 4 is 17.3 Å². The second-order valence-electron chi connectivity index (χ2n) is 2.76. The number of anilines is 2. The fourth-order valence-electron chi connectivity index (χ4n) is 1.07. The topological polar surface area (TPSA) is 85.2 Å². The first-order valence-electron chi connectivity index (χ1n) is 3.80.